The van der Waals surface area contributed by atoms with E-state index in [1.54, 1.807) is 0 Å². The molecular formula is C13H20N2O. The molecule has 0 aromatic rings. The Morgan fingerprint density at radius 1 is 1.56 bits per heavy atom. The van der Waals surface area contributed by atoms with Gasteiger partial charge in [0.2, 0.25) is 5.91 Å². The third kappa shape index (κ3) is 2.22. The first-order valence-corrected chi connectivity index (χ1v) is 6.22. The second-order valence-electron chi connectivity index (χ2n) is 4.79. The van der Waals surface area contributed by atoms with E-state index in [1.807, 2.05) is 4.90 Å². The number of terminal acetylenes is 1. The Hall–Kier alpha value is -1.01. The molecule has 3 nitrogen and oxygen atoms in total. The van der Waals surface area contributed by atoms with Gasteiger partial charge in [0, 0.05) is 31.5 Å². The van der Waals surface area contributed by atoms with Crippen molar-refractivity contribution >= 4 is 5.91 Å². The molecule has 2 atom stereocenters. The van der Waals surface area contributed by atoms with Gasteiger partial charge in [-0.3, -0.25) is 9.69 Å². The van der Waals surface area contributed by atoms with Gasteiger partial charge in [0.1, 0.15) is 0 Å². The SMILES string of the molecule is C#CC1CC(=O)N(CC2CCCN2CC)C1. The summed E-state index contributed by atoms with van der Waals surface area (Å²) in [5.74, 6) is 3.08. The molecule has 1 amide bonds. The largest absolute Gasteiger partial charge is 0.340 e. The fraction of sp³-hybridized carbons (Fsp3) is 0.769. The highest BCUT2D eigenvalue weighted by molar-refractivity contribution is 5.79. The van der Waals surface area contributed by atoms with Crippen LogP contribution in [0.25, 0.3) is 0 Å². The third-order valence-corrected chi connectivity index (χ3v) is 3.79. The molecule has 0 saturated carbocycles. The van der Waals surface area contributed by atoms with Crippen LogP contribution in [0, 0.1) is 18.3 Å². The topological polar surface area (TPSA) is 23.6 Å². The average molecular weight is 220 g/mol. The quantitative estimate of drug-likeness (QED) is 0.661. The lowest BCUT2D eigenvalue weighted by Crippen LogP contribution is -2.40. The molecule has 2 aliphatic heterocycles. The Morgan fingerprint density at radius 3 is 3.00 bits per heavy atom. The van der Waals surface area contributed by atoms with Gasteiger partial charge in [-0.2, -0.15) is 0 Å². The number of hydrogen-bond acceptors (Lipinski definition) is 2. The summed E-state index contributed by atoms with van der Waals surface area (Å²) in [5, 5.41) is 0. The summed E-state index contributed by atoms with van der Waals surface area (Å²) in [5.41, 5.74) is 0. The van der Waals surface area contributed by atoms with Crippen LogP contribution in [-0.4, -0.2) is 47.9 Å². The van der Waals surface area contributed by atoms with Crippen LogP contribution in [0.15, 0.2) is 0 Å². The highest BCUT2D eigenvalue weighted by atomic mass is 16.2. The van der Waals surface area contributed by atoms with E-state index in [0.29, 0.717) is 12.5 Å². The minimum Gasteiger partial charge on any atom is -0.340 e. The monoisotopic (exact) mass is 220 g/mol. The maximum Gasteiger partial charge on any atom is 0.223 e. The summed E-state index contributed by atoms with van der Waals surface area (Å²) in [4.78, 5) is 16.2. The molecule has 0 aliphatic carbocycles. The molecule has 2 saturated heterocycles. The van der Waals surface area contributed by atoms with Crippen molar-refractivity contribution in [2.24, 2.45) is 5.92 Å². The van der Waals surface area contributed by atoms with Crippen molar-refractivity contribution in [3.05, 3.63) is 0 Å². The van der Waals surface area contributed by atoms with Gasteiger partial charge < -0.3 is 4.90 Å². The number of nitrogens with zero attached hydrogens (tertiary/aromatic N) is 2. The number of amides is 1. The normalized spacial score (nSPS) is 31.0. The van der Waals surface area contributed by atoms with Gasteiger partial charge in [-0.1, -0.05) is 6.92 Å². The van der Waals surface area contributed by atoms with Gasteiger partial charge in [0.15, 0.2) is 0 Å². The van der Waals surface area contributed by atoms with Crippen molar-refractivity contribution < 1.29 is 4.79 Å². The first-order chi connectivity index (χ1) is 7.74. The van der Waals surface area contributed by atoms with E-state index >= 15 is 0 Å². The molecular weight excluding hydrogens is 200 g/mol. The summed E-state index contributed by atoms with van der Waals surface area (Å²) in [6.45, 7) is 6.11. The Morgan fingerprint density at radius 2 is 2.38 bits per heavy atom. The van der Waals surface area contributed by atoms with Gasteiger partial charge in [0.25, 0.3) is 0 Å². The Kier molecular flexibility index (Phi) is 3.50. The molecule has 2 unspecified atom stereocenters. The molecule has 0 radical (unpaired) electrons. The zero-order valence-corrected chi connectivity index (χ0v) is 9.98. The maximum atomic E-state index is 11.7. The van der Waals surface area contributed by atoms with E-state index in [1.165, 1.54) is 19.4 Å². The molecule has 0 N–H and O–H groups in total. The zero-order valence-electron chi connectivity index (χ0n) is 9.98. The lowest BCUT2D eigenvalue weighted by Gasteiger charge is -2.27. The van der Waals surface area contributed by atoms with Crippen molar-refractivity contribution in [1.29, 1.82) is 0 Å². The molecule has 2 fully saturated rings. The average Bonchev–Trinajstić information content (AvgIpc) is 2.86. The van der Waals surface area contributed by atoms with Gasteiger partial charge in [-0.05, 0) is 25.9 Å². The fourth-order valence-electron chi connectivity index (χ4n) is 2.83. The lowest BCUT2D eigenvalue weighted by molar-refractivity contribution is -0.128. The van der Waals surface area contributed by atoms with E-state index in [0.717, 1.165) is 19.6 Å². The van der Waals surface area contributed by atoms with Gasteiger partial charge in [0.05, 0.1) is 0 Å². The van der Waals surface area contributed by atoms with Crippen molar-refractivity contribution in [3.63, 3.8) is 0 Å². The van der Waals surface area contributed by atoms with Gasteiger partial charge >= 0.3 is 0 Å². The van der Waals surface area contributed by atoms with Crippen molar-refractivity contribution in [2.75, 3.05) is 26.2 Å². The molecule has 0 bridgehead atoms. The first kappa shape index (κ1) is 11.5. The lowest BCUT2D eigenvalue weighted by atomic mass is 10.1. The predicted octanol–water partition coefficient (Wildman–Crippen LogP) is 0.952. The molecule has 3 heteroatoms. The standard InChI is InChI=1S/C13H20N2O/c1-3-11-8-13(16)15(9-11)10-12-6-5-7-14(12)4-2/h1,11-12H,4-10H2,2H3. The summed E-state index contributed by atoms with van der Waals surface area (Å²) < 4.78 is 0. The Balaban J connectivity index is 1.90. The first-order valence-electron chi connectivity index (χ1n) is 6.22. The molecule has 0 aromatic carbocycles. The van der Waals surface area contributed by atoms with E-state index in [9.17, 15) is 4.79 Å². The second-order valence-corrected chi connectivity index (χ2v) is 4.79. The van der Waals surface area contributed by atoms with Crippen molar-refractivity contribution in [1.82, 2.24) is 9.80 Å². The van der Waals surface area contributed by atoms with Crippen LogP contribution >= 0.6 is 0 Å². The zero-order chi connectivity index (χ0) is 11.5. The highest BCUT2D eigenvalue weighted by Gasteiger charge is 2.32. The van der Waals surface area contributed by atoms with E-state index in [-0.39, 0.29) is 11.8 Å². The van der Waals surface area contributed by atoms with E-state index < -0.39 is 0 Å². The van der Waals surface area contributed by atoms with Crippen LogP contribution in [0.5, 0.6) is 0 Å². The molecule has 16 heavy (non-hydrogen) atoms. The highest BCUT2D eigenvalue weighted by Crippen LogP contribution is 2.22. The molecule has 2 rings (SSSR count). The number of rotatable bonds is 3. The maximum absolute atomic E-state index is 11.7. The van der Waals surface area contributed by atoms with E-state index in [2.05, 4.69) is 17.7 Å². The summed E-state index contributed by atoms with van der Waals surface area (Å²) in [7, 11) is 0. The van der Waals surface area contributed by atoms with Crippen LogP contribution in [0.2, 0.25) is 0 Å². The Bertz CT molecular complexity index is 308. The number of likely N-dealkylation sites (N-methyl/N-ethyl adjacent to an activating group) is 1. The summed E-state index contributed by atoms with van der Waals surface area (Å²) in [6, 6.07) is 0.561. The van der Waals surface area contributed by atoms with Crippen molar-refractivity contribution in [3.8, 4) is 12.3 Å². The number of likely N-dealkylation sites (tertiary alicyclic amines) is 2. The fourth-order valence-corrected chi connectivity index (χ4v) is 2.83. The molecule has 0 aromatic heterocycles. The smallest absolute Gasteiger partial charge is 0.223 e. The molecule has 88 valence electrons. The molecule has 2 heterocycles. The van der Waals surface area contributed by atoms with Crippen LogP contribution in [-0.2, 0) is 4.79 Å². The van der Waals surface area contributed by atoms with Crippen LogP contribution in [0.3, 0.4) is 0 Å². The predicted molar refractivity (Wildman–Crippen MR) is 63.8 cm³/mol. The third-order valence-electron chi connectivity index (χ3n) is 3.79. The summed E-state index contributed by atoms with van der Waals surface area (Å²) >= 11 is 0. The van der Waals surface area contributed by atoms with Crippen LogP contribution in [0.4, 0.5) is 0 Å². The number of carbonyl (C=O) groups is 1. The second kappa shape index (κ2) is 4.88. The van der Waals surface area contributed by atoms with Gasteiger partial charge in [-0.15, -0.1) is 12.3 Å². The Labute approximate surface area is 97.8 Å². The van der Waals surface area contributed by atoms with Crippen molar-refractivity contribution in [2.45, 2.75) is 32.2 Å². The van der Waals surface area contributed by atoms with E-state index in [4.69, 9.17) is 6.42 Å². The number of carbonyl (C=O) groups excluding carboxylic acids is 1. The van der Waals surface area contributed by atoms with Crippen LogP contribution in [0.1, 0.15) is 26.2 Å². The molecule has 0 spiro atoms. The minimum absolute atomic E-state index is 0.143. The summed E-state index contributed by atoms with van der Waals surface area (Å²) in [6.07, 6.45) is 8.42. The molecule has 2 aliphatic rings. The van der Waals surface area contributed by atoms with Crippen LogP contribution < -0.4 is 0 Å². The number of hydrogen-bond donors (Lipinski definition) is 0. The minimum atomic E-state index is 0.143. The van der Waals surface area contributed by atoms with Gasteiger partial charge in [-0.25, -0.2) is 0 Å².